The summed E-state index contributed by atoms with van der Waals surface area (Å²) in [7, 11) is 0. The summed E-state index contributed by atoms with van der Waals surface area (Å²) in [5.41, 5.74) is 4.42. The highest BCUT2D eigenvalue weighted by Gasteiger charge is 2.11. The predicted octanol–water partition coefficient (Wildman–Crippen LogP) is 4.98. The summed E-state index contributed by atoms with van der Waals surface area (Å²) in [6.45, 7) is 8.41. The quantitative estimate of drug-likeness (QED) is 0.658. The van der Waals surface area contributed by atoms with E-state index in [9.17, 15) is 4.79 Å². The van der Waals surface area contributed by atoms with E-state index in [0.717, 1.165) is 22.2 Å². The molecule has 26 heavy (non-hydrogen) atoms. The number of aryl methyl sites for hydroxylation is 1. The molecule has 0 unspecified atom stereocenters. The average Bonchev–Trinajstić information content (AvgIpc) is 2.63. The summed E-state index contributed by atoms with van der Waals surface area (Å²) >= 11 is 0. The van der Waals surface area contributed by atoms with E-state index in [4.69, 9.17) is 9.72 Å². The van der Waals surface area contributed by atoms with E-state index in [2.05, 4.69) is 30.2 Å². The molecule has 0 aliphatic carbocycles. The van der Waals surface area contributed by atoms with Crippen LogP contribution in [0.1, 0.15) is 48.2 Å². The van der Waals surface area contributed by atoms with Crippen molar-refractivity contribution >= 4 is 28.5 Å². The number of anilines is 2. The number of fused-ring (bicyclic) bond motifs is 1. The van der Waals surface area contributed by atoms with Crippen molar-refractivity contribution in [2.75, 3.05) is 11.9 Å². The van der Waals surface area contributed by atoms with Gasteiger partial charge in [0.25, 0.3) is 0 Å². The third kappa shape index (κ3) is 3.67. The van der Waals surface area contributed by atoms with E-state index in [1.807, 2.05) is 31.3 Å². The molecule has 1 heterocycles. The van der Waals surface area contributed by atoms with Crippen molar-refractivity contribution in [3.05, 3.63) is 59.3 Å². The Labute approximate surface area is 153 Å². The van der Waals surface area contributed by atoms with Gasteiger partial charge in [-0.15, -0.1) is 0 Å². The molecule has 0 aliphatic rings. The number of aromatic nitrogens is 2. The minimum absolute atomic E-state index is 0.336. The van der Waals surface area contributed by atoms with Crippen LogP contribution in [0.4, 0.5) is 11.6 Å². The molecule has 1 N–H and O–H groups in total. The Bertz CT molecular complexity index is 951. The number of nitrogens with zero attached hydrogens (tertiary/aromatic N) is 2. The van der Waals surface area contributed by atoms with Crippen LogP contribution in [0, 0.1) is 6.92 Å². The fourth-order valence-electron chi connectivity index (χ4n) is 2.82. The van der Waals surface area contributed by atoms with Crippen molar-refractivity contribution in [1.82, 2.24) is 9.97 Å². The van der Waals surface area contributed by atoms with Gasteiger partial charge >= 0.3 is 5.97 Å². The van der Waals surface area contributed by atoms with Crippen molar-refractivity contribution in [3.8, 4) is 0 Å². The predicted molar refractivity (Wildman–Crippen MR) is 104 cm³/mol. The first-order valence-electron chi connectivity index (χ1n) is 8.80. The standard InChI is InChI=1S/C21H23N3O2/c1-5-26-20(25)15-10-9-14(4)18(11-15)23-21-22-12-16-7-6-8-17(13(2)3)19(16)24-21/h6-13H,5H2,1-4H3,(H,22,23,24). The first kappa shape index (κ1) is 17.9. The minimum atomic E-state index is -0.336. The topological polar surface area (TPSA) is 64.1 Å². The number of esters is 1. The van der Waals surface area contributed by atoms with E-state index in [1.165, 1.54) is 5.56 Å². The van der Waals surface area contributed by atoms with Crippen molar-refractivity contribution in [1.29, 1.82) is 0 Å². The zero-order chi connectivity index (χ0) is 18.7. The highest BCUT2D eigenvalue weighted by molar-refractivity contribution is 5.91. The fraction of sp³-hybridized carbons (Fsp3) is 0.286. The Morgan fingerprint density at radius 3 is 2.77 bits per heavy atom. The number of para-hydroxylation sites is 1. The molecule has 0 amide bonds. The van der Waals surface area contributed by atoms with Gasteiger partial charge in [0.05, 0.1) is 17.7 Å². The lowest BCUT2D eigenvalue weighted by atomic mass is 10.0. The highest BCUT2D eigenvalue weighted by Crippen LogP contribution is 2.26. The maximum absolute atomic E-state index is 12.0. The SMILES string of the molecule is CCOC(=O)c1ccc(C)c(Nc2ncc3cccc(C(C)C)c3n2)c1. The summed E-state index contributed by atoms with van der Waals surface area (Å²) < 4.78 is 5.07. The number of benzene rings is 2. The van der Waals surface area contributed by atoms with Crippen LogP contribution in [0.2, 0.25) is 0 Å². The Morgan fingerprint density at radius 1 is 1.23 bits per heavy atom. The number of nitrogens with one attached hydrogen (secondary N) is 1. The van der Waals surface area contributed by atoms with Crippen molar-refractivity contribution in [3.63, 3.8) is 0 Å². The van der Waals surface area contributed by atoms with Gasteiger partial charge in [0.15, 0.2) is 0 Å². The molecule has 0 radical (unpaired) electrons. The third-order valence-corrected chi connectivity index (χ3v) is 4.26. The van der Waals surface area contributed by atoms with E-state index in [0.29, 0.717) is 24.0 Å². The van der Waals surface area contributed by atoms with Gasteiger partial charge in [-0.1, -0.05) is 38.1 Å². The molecular weight excluding hydrogens is 326 g/mol. The Hall–Kier alpha value is -2.95. The Balaban J connectivity index is 1.97. The first-order valence-corrected chi connectivity index (χ1v) is 8.80. The highest BCUT2D eigenvalue weighted by atomic mass is 16.5. The fourth-order valence-corrected chi connectivity index (χ4v) is 2.82. The summed E-state index contributed by atoms with van der Waals surface area (Å²) in [5, 5.41) is 4.25. The summed E-state index contributed by atoms with van der Waals surface area (Å²) in [5.74, 6) is 0.544. The maximum Gasteiger partial charge on any atom is 0.338 e. The molecule has 1 aromatic heterocycles. The molecule has 0 atom stereocenters. The third-order valence-electron chi connectivity index (χ3n) is 4.26. The van der Waals surface area contributed by atoms with Gasteiger partial charge in [0.2, 0.25) is 5.95 Å². The van der Waals surface area contributed by atoms with Gasteiger partial charge in [-0.25, -0.2) is 14.8 Å². The first-order chi connectivity index (χ1) is 12.5. The Kier molecular flexibility index (Phi) is 5.16. The smallest absolute Gasteiger partial charge is 0.338 e. The largest absolute Gasteiger partial charge is 0.462 e. The minimum Gasteiger partial charge on any atom is -0.462 e. The van der Waals surface area contributed by atoms with Crippen LogP contribution >= 0.6 is 0 Å². The van der Waals surface area contributed by atoms with Crippen LogP contribution in [-0.4, -0.2) is 22.5 Å². The lowest BCUT2D eigenvalue weighted by Crippen LogP contribution is -2.06. The van der Waals surface area contributed by atoms with Crippen LogP contribution in [0.15, 0.2) is 42.6 Å². The summed E-state index contributed by atoms with van der Waals surface area (Å²) in [4.78, 5) is 21.1. The van der Waals surface area contributed by atoms with Crippen LogP contribution in [0.25, 0.3) is 10.9 Å². The lowest BCUT2D eigenvalue weighted by Gasteiger charge is -2.13. The van der Waals surface area contributed by atoms with Crippen LogP contribution < -0.4 is 5.32 Å². The van der Waals surface area contributed by atoms with E-state index in [1.54, 1.807) is 19.1 Å². The van der Waals surface area contributed by atoms with Crippen molar-refractivity contribution in [2.24, 2.45) is 0 Å². The summed E-state index contributed by atoms with van der Waals surface area (Å²) in [6, 6.07) is 11.6. The number of hydrogen-bond donors (Lipinski definition) is 1. The van der Waals surface area contributed by atoms with E-state index < -0.39 is 0 Å². The molecule has 0 aliphatic heterocycles. The molecule has 3 aromatic rings. The van der Waals surface area contributed by atoms with Gasteiger partial charge in [-0.3, -0.25) is 0 Å². The number of hydrogen-bond acceptors (Lipinski definition) is 5. The van der Waals surface area contributed by atoms with Crippen molar-refractivity contribution in [2.45, 2.75) is 33.6 Å². The number of carbonyl (C=O) groups is 1. The molecule has 2 aromatic carbocycles. The lowest BCUT2D eigenvalue weighted by molar-refractivity contribution is 0.0526. The van der Waals surface area contributed by atoms with Gasteiger partial charge in [-0.05, 0) is 43.0 Å². The zero-order valence-corrected chi connectivity index (χ0v) is 15.5. The van der Waals surface area contributed by atoms with Crippen LogP contribution in [-0.2, 0) is 4.74 Å². The zero-order valence-electron chi connectivity index (χ0n) is 15.5. The molecule has 0 saturated heterocycles. The number of rotatable bonds is 5. The van der Waals surface area contributed by atoms with Crippen LogP contribution in [0.3, 0.4) is 0 Å². The maximum atomic E-state index is 12.0. The van der Waals surface area contributed by atoms with E-state index >= 15 is 0 Å². The molecule has 134 valence electrons. The Morgan fingerprint density at radius 2 is 2.04 bits per heavy atom. The van der Waals surface area contributed by atoms with E-state index in [-0.39, 0.29) is 5.97 Å². The van der Waals surface area contributed by atoms with Crippen LogP contribution in [0.5, 0.6) is 0 Å². The second-order valence-corrected chi connectivity index (χ2v) is 6.51. The normalized spacial score (nSPS) is 11.0. The molecule has 5 heteroatoms. The summed E-state index contributed by atoms with van der Waals surface area (Å²) in [6.07, 6.45) is 1.82. The number of ether oxygens (including phenoxy) is 1. The molecule has 0 bridgehead atoms. The van der Waals surface area contributed by atoms with Gasteiger partial charge in [-0.2, -0.15) is 0 Å². The molecule has 0 fully saturated rings. The van der Waals surface area contributed by atoms with Gasteiger partial charge < -0.3 is 10.1 Å². The second kappa shape index (κ2) is 7.52. The molecular formula is C21H23N3O2. The molecule has 5 nitrogen and oxygen atoms in total. The monoisotopic (exact) mass is 349 g/mol. The molecule has 0 spiro atoms. The van der Waals surface area contributed by atoms with Gasteiger partial charge in [0.1, 0.15) is 0 Å². The second-order valence-electron chi connectivity index (χ2n) is 6.51. The van der Waals surface area contributed by atoms with Gasteiger partial charge in [0, 0.05) is 17.3 Å². The molecule has 0 saturated carbocycles. The molecule has 3 rings (SSSR count). The average molecular weight is 349 g/mol. The van der Waals surface area contributed by atoms with Crippen molar-refractivity contribution < 1.29 is 9.53 Å². The number of carbonyl (C=O) groups excluding carboxylic acids is 1.